The van der Waals surface area contributed by atoms with Crippen LogP contribution in [0, 0.1) is 0 Å². The van der Waals surface area contributed by atoms with Gasteiger partial charge >= 0.3 is 0 Å². The lowest BCUT2D eigenvalue weighted by molar-refractivity contribution is -0.888. The summed E-state index contributed by atoms with van der Waals surface area (Å²) in [4.78, 5) is 21.4. The first kappa shape index (κ1) is 23.7. The number of carbonyl (C=O) groups is 1. The minimum absolute atomic E-state index is 0.131. The third-order valence-electron chi connectivity index (χ3n) is 6.89. The second kappa shape index (κ2) is 11.6. The summed E-state index contributed by atoms with van der Waals surface area (Å²) in [7, 11) is 0. The third kappa shape index (κ3) is 6.10. The Labute approximate surface area is 202 Å². The highest BCUT2D eigenvalue weighted by Gasteiger charge is 2.23. The van der Waals surface area contributed by atoms with Crippen molar-refractivity contribution in [1.29, 1.82) is 0 Å². The number of anilines is 1. The number of rotatable bonds is 9. The van der Waals surface area contributed by atoms with Gasteiger partial charge in [0.15, 0.2) is 11.7 Å². The molecule has 33 heavy (non-hydrogen) atoms. The lowest BCUT2D eigenvalue weighted by atomic mass is 9.84. The highest BCUT2D eigenvalue weighted by atomic mass is 32.1. The van der Waals surface area contributed by atoms with E-state index in [0.29, 0.717) is 19.0 Å². The molecule has 4 rings (SSSR count). The Balaban J connectivity index is 1.54. The third-order valence-corrected chi connectivity index (χ3v) is 7.76. The van der Waals surface area contributed by atoms with Gasteiger partial charge in [-0.1, -0.05) is 73.9 Å². The van der Waals surface area contributed by atoms with E-state index in [4.69, 9.17) is 4.98 Å². The molecule has 0 bridgehead atoms. The zero-order valence-corrected chi connectivity index (χ0v) is 20.7. The van der Waals surface area contributed by atoms with Crippen LogP contribution < -0.4 is 9.80 Å². The summed E-state index contributed by atoms with van der Waals surface area (Å²) >= 11 is 1.56. The molecular weight excluding hydrogens is 426 g/mol. The predicted octanol–water partition coefficient (Wildman–Crippen LogP) is 5.32. The van der Waals surface area contributed by atoms with Crippen LogP contribution in [0.25, 0.3) is 11.3 Å². The Morgan fingerprint density at radius 1 is 1.00 bits per heavy atom. The van der Waals surface area contributed by atoms with Crippen LogP contribution in [-0.4, -0.2) is 30.5 Å². The molecule has 3 aromatic rings. The standard InChI is InChI=1S/C28H35N3OS/c1-3-30(4-2)20-27(32)31(19-22-11-7-5-8-12-22)28-29-26(21-33-28)25-17-15-24(16-18-25)23-13-9-6-10-14-23/h5,7-8,11-12,15-18,21,23H,3-4,6,9-10,13-14,19-20H2,1-2H3/p+1. The number of nitrogens with one attached hydrogen (secondary N) is 1. The average Bonchev–Trinajstić information content (AvgIpc) is 3.37. The Kier molecular flexibility index (Phi) is 8.30. The molecule has 4 nitrogen and oxygen atoms in total. The fourth-order valence-electron chi connectivity index (χ4n) is 4.72. The SMILES string of the molecule is CC[NH+](CC)CC(=O)N(Cc1ccccc1)c1nc(-c2ccc(C3CCCCC3)cc2)cs1. The van der Waals surface area contributed by atoms with Gasteiger partial charge in [-0.25, -0.2) is 4.98 Å². The molecule has 1 saturated carbocycles. The van der Waals surface area contributed by atoms with Crippen molar-refractivity contribution < 1.29 is 9.69 Å². The Morgan fingerprint density at radius 2 is 1.70 bits per heavy atom. The predicted molar refractivity (Wildman–Crippen MR) is 138 cm³/mol. The fourth-order valence-corrected chi connectivity index (χ4v) is 5.57. The number of hydrogen-bond donors (Lipinski definition) is 1. The van der Waals surface area contributed by atoms with Gasteiger partial charge < -0.3 is 4.90 Å². The molecule has 1 aromatic heterocycles. The van der Waals surface area contributed by atoms with Gasteiger partial charge in [-0.3, -0.25) is 9.69 Å². The topological polar surface area (TPSA) is 37.6 Å². The van der Waals surface area contributed by atoms with Crippen molar-refractivity contribution in [2.75, 3.05) is 24.5 Å². The van der Waals surface area contributed by atoms with Gasteiger partial charge in [-0.15, -0.1) is 11.3 Å². The van der Waals surface area contributed by atoms with Crippen LogP contribution >= 0.6 is 11.3 Å². The lowest BCUT2D eigenvalue weighted by Crippen LogP contribution is -3.12. The molecule has 1 heterocycles. The number of likely N-dealkylation sites (N-methyl/N-ethyl adjacent to an activating group) is 1. The maximum atomic E-state index is 13.3. The maximum Gasteiger partial charge on any atom is 0.284 e. The van der Waals surface area contributed by atoms with Gasteiger partial charge in [-0.05, 0) is 43.7 Å². The monoisotopic (exact) mass is 462 g/mol. The molecule has 1 aliphatic carbocycles. The van der Waals surface area contributed by atoms with Crippen LogP contribution in [0.5, 0.6) is 0 Å². The molecule has 0 radical (unpaired) electrons. The summed E-state index contributed by atoms with van der Waals surface area (Å²) in [5.74, 6) is 0.839. The summed E-state index contributed by atoms with van der Waals surface area (Å²) < 4.78 is 0. The number of thiazole rings is 1. The molecule has 0 spiro atoms. The van der Waals surface area contributed by atoms with E-state index in [9.17, 15) is 4.79 Å². The first-order chi connectivity index (χ1) is 16.2. The van der Waals surface area contributed by atoms with Crippen molar-refractivity contribution in [3.63, 3.8) is 0 Å². The van der Waals surface area contributed by atoms with E-state index >= 15 is 0 Å². The molecule has 0 atom stereocenters. The second-order valence-electron chi connectivity index (χ2n) is 9.07. The van der Waals surface area contributed by atoms with Gasteiger partial charge in [0.05, 0.1) is 25.3 Å². The van der Waals surface area contributed by atoms with Crippen molar-refractivity contribution >= 4 is 22.4 Å². The van der Waals surface area contributed by atoms with Gasteiger partial charge in [-0.2, -0.15) is 0 Å². The Bertz CT molecular complexity index is 1010. The Hall–Kier alpha value is -2.50. The van der Waals surface area contributed by atoms with Crippen molar-refractivity contribution in [3.05, 3.63) is 71.1 Å². The Morgan fingerprint density at radius 3 is 2.36 bits per heavy atom. The van der Waals surface area contributed by atoms with Crippen LogP contribution in [0.3, 0.4) is 0 Å². The number of amides is 1. The second-order valence-corrected chi connectivity index (χ2v) is 9.91. The molecule has 5 heteroatoms. The van der Waals surface area contributed by atoms with Crippen LogP contribution in [0.1, 0.15) is 63.0 Å². The quantitative estimate of drug-likeness (QED) is 0.468. The highest BCUT2D eigenvalue weighted by Crippen LogP contribution is 2.34. The molecule has 174 valence electrons. The van der Waals surface area contributed by atoms with E-state index in [2.05, 4.69) is 55.6 Å². The van der Waals surface area contributed by atoms with Crippen molar-refractivity contribution in [3.8, 4) is 11.3 Å². The molecule has 1 amide bonds. The summed E-state index contributed by atoms with van der Waals surface area (Å²) in [6.07, 6.45) is 6.70. The molecular formula is C28H36N3OS+. The smallest absolute Gasteiger partial charge is 0.284 e. The number of benzene rings is 2. The zero-order valence-electron chi connectivity index (χ0n) is 19.9. The van der Waals surface area contributed by atoms with Crippen LogP contribution in [0.15, 0.2) is 60.0 Å². The van der Waals surface area contributed by atoms with Crippen LogP contribution in [0.2, 0.25) is 0 Å². The minimum atomic E-state index is 0.131. The van der Waals surface area contributed by atoms with Gasteiger partial charge in [0.1, 0.15) is 0 Å². The maximum absolute atomic E-state index is 13.3. The van der Waals surface area contributed by atoms with Crippen LogP contribution in [-0.2, 0) is 11.3 Å². The molecule has 1 N–H and O–H groups in total. The number of quaternary nitrogens is 1. The summed E-state index contributed by atoms with van der Waals surface area (Å²) in [6, 6.07) is 19.2. The molecule has 0 unspecified atom stereocenters. The van der Waals surface area contributed by atoms with E-state index < -0.39 is 0 Å². The van der Waals surface area contributed by atoms with E-state index in [1.807, 2.05) is 23.1 Å². The largest absolute Gasteiger partial charge is 0.328 e. The summed E-state index contributed by atoms with van der Waals surface area (Å²) in [6.45, 7) is 7.19. The van der Waals surface area contributed by atoms with Crippen LogP contribution in [0.4, 0.5) is 5.13 Å². The molecule has 1 aliphatic rings. The molecule has 1 fully saturated rings. The van der Waals surface area contributed by atoms with E-state index in [1.54, 1.807) is 11.3 Å². The highest BCUT2D eigenvalue weighted by molar-refractivity contribution is 7.14. The average molecular weight is 463 g/mol. The van der Waals surface area contributed by atoms with Gasteiger partial charge in [0.2, 0.25) is 0 Å². The number of carbonyl (C=O) groups excluding carboxylic acids is 1. The van der Waals surface area contributed by atoms with Crippen molar-refractivity contribution in [1.82, 2.24) is 4.98 Å². The number of hydrogen-bond acceptors (Lipinski definition) is 3. The van der Waals surface area contributed by atoms with Gasteiger partial charge in [0.25, 0.3) is 5.91 Å². The van der Waals surface area contributed by atoms with E-state index in [-0.39, 0.29) is 5.91 Å². The normalized spacial score (nSPS) is 14.5. The first-order valence-corrected chi connectivity index (χ1v) is 13.3. The lowest BCUT2D eigenvalue weighted by Gasteiger charge is -2.23. The molecule has 2 aromatic carbocycles. The minimum Gasteiger partial charge on any atom is -0.328 e. The fraction of sp³-hybridized carbons (Fsp3) is 0.429. The number of nitrogens with zero attached hydrogens (tertiary/aromatic N) is 2. The zero-order chi connectivity index (χ0) is 23.0. The summed E-state index contributed by atoms with van der Waals surface area (Å²) in [5.41, 5.74) is 4.65. The molecule has 0 aliphatic heterocycles. The molecule has 0 saturated heterocycles. The van der Waals surface area contributed by atoms with Crippen molar-refractivity contribution in [2.45, 2.75) is 58.4 Å². The first-order valence-electron chi connectivity index (χ1n) is 12.4. The summed E-state index contributed by atoms with van der Waals surface area (Å²) in [5, 5.41) is 2.86. The number of aromatic nitrogens is 1. The van der Waals surface area contributed by atoms with E-state index in [1.165, 1.54) is 42.6 Å². The van der Waals surface area contributed by atoms with Crippen molar-refractivity contribution in [2.24, 2.45) is 0 Å². The van der Waals surface area contributed by atoms with E-state index in [0.717, 1.165) is 35.0 Å². The van der Waals surface area contributed by atoms with Gasteiger partial charge in [0, 0.05) is 10.9 Å².